The zero-order valence-corrected chi connectivity index (χ0v) is 10.8. The van der Waals surface area contributed by atoms with Crippen LogP contribution in [0, 0.1) is 0 Å². The molecular formula is C13H21N3O2. The Labute approximate surface area is 107 Å². The van der Waals surface area contributed by atoms with Gasteiger partial charge in [-0.2, -0.15) is 0 Å². The summed E-state index contributed by atoms with van der Waals surface area (Å²) < 4.78 is 1.43. The molecule has 0 aliphatic heterocycles. The maximum absolute atomic E-state index is 11.7. The van der Waals surface area contributed by atoms with Gasteiger partial charge in [0.1, 0.15) is 0 Å². The lowest BCUT2D eigenvalue weighted by atomic mass is 10.2. The summed E-state index contributed by atoms with van der Waals surface area (Å²) in [7, 11) is 1.65. The van der Waals surface area contributed by atoms with Crippen molar-refractivity contribution in [1.82, 2.24) is 9.88 Å². The number of hydrogen-bond donors (Lipinski definition) is 2. The molecule has 5 heteroatoms. The molecule has 0 atom stereocenters. The molecule has 3 N–H and O–H groups in total. The topological polar surface area (TPSA) is 77.1 Å². The molecule has 1 aromatic heterocycles. The monoisotopic (exact) mass is 251 g/mol. The van der Waals surface area contributed by atoms with E-state index in [0.717, 1.165) is 32.2 Å². The van der Waals surface area contributed by atoms with Gasteiger partial charge in [0.25, 0.3) is 11.5 Å². The third-order valence-electron chi connectivity index (χ3n) is 2.78. The highest BCUT2D eigenvalue weighted by Crippen LogP contribution is 1.98. The van der Waals surface area contributed by atoms with Crippen molar-refractivity contribution >= 4 is 5.91 Å². The van der Waals surface area contributed by atoms with Crippen molar-refractivity contribution in [3.05, 3.63) is 34.2 Å². The van der Waals surface area contributed by atoms with Gasteiger partial charge in [0, 0.05) is 31.4 Å². The van der Waals surface area contributed by atoms with Gasteiger partial charge in [-0.3, -0.25) is 9.59 Å². The molecule has 1 amide bonds. The first kappa shape index (κ1) is 14.4. The van der Waals surface area contributed by atoms with E-state index in [2.05, 4.69) is 5.32 Å². The molecule has 1 heterocycles. The molecule has 0 spiro atoms. The molecular weight excluding hydrogens is 230 g/mol. The Morgan fingerprint density at radius 3 is 2.72 bits per heavy atom. The van der Waals surface area contributed by atoms with Crippen LogP contribution in [0.3, 0.4) is 0 Å². The Kier molecular flexibility index (Phi) is 6.14. The summed E-state index contributed by atoms with van der Waals surface area (Å²) in [6.45, 7) is 1.36. The highest BCUT2D eigenvalue weighted by Gasteiger charge is 2.05. The number of aryl methyl sites for hydroxylation is 1. The number of nitrogens with one attached hydrogen (secondary N) is 1. The van der Waals surface area contributed by atoms with Gasteiger partial charge in [-0.25, -0.2) is 0 Å². The average Bonchev–Trinajstić information content (AvgIpc) is 2.36. The number of amides is 1. The van der Waals surface area contributed by atoms with Crippen molar-refractivity contribution in [1.29, 1.82) is 0 Å². The Morgan fingerprint density at radius 2 is 2.06 bits per heavy atom. The minimum absolute atomic E-state index is 0.175. The highest BCUT2D eigenvalue weighted by atomic mass is 16.2. The third-order valence-corrected chi connectivity index (χ3v) is 2.78. The summed E-state index contributed by atoms with van der Waals surface area (Å²) in [5, 5.41) is 2.80. The number of nitrogens with zero attached hydrogens (tertiary/aromatic N) is 1. The van der Waals surface area contributed by atoms with Crippen LogP contribution in [0.5, 0.6) is 0 Å². The van der Waals surface area contributed by atoms with Crippen LogP contribution in [0.25, 0.3) is 0 Å². The second-order valence-electron chi connectivity index (χ2n) is 4.32. The van der Waals surface area contributed by atoms with E-state index < -0.39 is 0 Å². The molecule has 0 aliphatic carbocycles. The van der Waals surface area contributed by atoms with Gasteiger partial charge < -0.3 is 15.6 Å². The van der Waals surface area contributed by atoms with Crippen LogP contribution < -0.4 is 16.6 Å². The van der Waals surface area contributed by atoms with Crippen molar-refractivity contribution in [2.75, 3.05) is 13.1 Å². The van der Waals surface area contributed by atoms with E-state index in [1.54, 1.807) is 19.3 Å². The minimum Gasteiger partial charge on any atom is -0.352 e. The quantitative estimate of drug-likeness (QED) is 0.698. The van der Waals surface area contributed by atoms with Gasteiger partial charge in [0.15, 0.2) is 0 Å². The average molecular weight is 251 g/mol. The van der Waals surface area contributed by atoms with Gasteiger partial charge in [-0.1, -0.05) is 12.8 Å². The molecule has 0 saturated heterocycles. The molecule has 0 bridgehead atoms. The lowest BCUT2D eigenvalue weighted by Crippen LogP contribution is -2.26. The fraction of sp³-hybridized carbons (Fsp3) is 0.538. The van der Waals surface area contributed by atoms with Gasteiger partial charge in [0.05, 0.1) is 0 Å². The summed E-state index contributed by atoms with van der Waals surface area (Å²) in [4.78, 5) is 23.1. The number of nitrogens with two attached hydrogens (primary N) is 1. The first-order chi connectivity index (χ1) is 8.65. The molecule has 0 fully saturated rings. The van der Waals surface area contributed by atoms with Crippen molar-refractivity contribution in [2.45, 2.75) is 25.7 Å². The smallest absolute Gasteiger partial charge is 0.251 e. The molecule has 5 nitrogen and oxygen atoms in total. The predicted octanol–water partition coefficient (Wildman–Crippen LogP) is 0.634. The Morgan fingerprint density at radius 1 is 1.33 bits per heavy atom. The van der Waals surface area contributed by atoms with Gasteiger partial charge in [-0.15, -0.1) is 0 Å². The fourth-order valence-corrected chi connectivity index (χ4v) is 1.62. The van der Waals surface area contributed by atoms with E-state index in [-0.39, 0.29) is 11.5 Å². The van der Waals surface area contributed by atoms with Crippen molar-refractivity contribution in [3.8, 4) is 0 Å². The normalized spacial score (nSPS) is 10.3. The molecule has 0 aromatic carbocycles. The first-order valence-corrected chi connectivity index (χ1v) is 6.30. The van der Waals surface area contributed by atoms with Gasteiger partial charge >= 0.3 is 0 Å². The lowest BCUT2D eigenvalue weighted by Gasteiger charge is -2.05. The van der Waals surface area contributed by atoms with Crippen LogP contribution in [0.2, 0.25) is 0 Å². The van der Waals surface area contributed by atoms with E-state index >= 15 is 0 Å². The Bertz CT molecular complexity index is 440. The number of pyridine rings is 1. The molecule has 0 saturated carbocycles. The van der Waals surface area contributed by atoms with E-state index in [1.165, 1.54) is 10.6 Å². The summed E-state index contributed by atoms with van der Waals surface area (Å²) in [5.74, 6) is -0.188. The van der Waals surface area contributed by atoms with E-state index in [4.69, 9.17) is 5.73 Å². The number of carbonyl (C=O) groups excluding carboxylic acids is 1. The predicted molar refractivity (Wildman–Crippen MR) is 71.5 cm³/mol. The zero-order chi connectivity index (χ0) is 13.4. The number of rotatable bonds is 7. The maximum atomic E-state index is 11.7. The second-order valence-corrected chi connectivity index (χ2v) is 4.32. The second kappa shape index (κ2) is 7.66. The van der Waals surface area contributed by atoms with Crippen LogP contribution in [-0.4, -0.2) is 23.6 Å². The summed E-state index contributed by atoms with van der Waals surface area (Å²) in [6.07, 6.45) is 5.73. The summed E-state index contributed by atoms with van der Waals surface area (Å²) in [5.41, 5.74) is 5.63. The Balaban J connectivity index is 2.32. The molecule has 1 aromatic rings. The number of unbranched alkanes of at least 4 members (excludes halogenated alkanes) is 3. The van der Waals surface area contributed by atoms with Crippen LogP contribution in [0.4, 0.5) is 0 Å². The standard InChI is InChI=1S/C13H21N3O2/c1-16-9-6-11(10-12(16)17)13(18)15-8-5-3-2-4-7-14/h6,9-10H,2-5,7-8,14H2,1H3,(H,15,18). The molecule has 0 radical (unpaired) electrons. The molecule has 0 aliphatic rings. The summed E-state index contributed by atoms with van der Waals surface area (Å²) in [6, 6.07) is 2.99. The molecule has 1 rings (SSSR count). The van der Waals surface area contributed by atoms with E-state index in [0.29, 0.717) is 12.1 Å². The van der Waals surface area contributed by atoms with E-state index in [1.807, 2.05) is 0 Å². The van der Waals surface area contributed by atoms with Gasteiger partial charge in [0.2, 0.25) is 0 Å². The molecule has 0 unspecified atom stereocenters. The van der Waals surface area contributed by atoms with Crippen molar-refractivity contribution in [3.63, 3.8) is 0 Å². The first-order valence-electron chi connectivity index (χ1n) is 6.30. The van der Waals surface area contributed by atoms with Crippen LogP contribution in [0.1, 0.15) is 36.0 Å². The number of aromatic nitrogens is 1. The summed E-state index contributed by atoms with van der Waals surface area (Å²) >= 11 is 0. The van der Waals surface area contributed by atoms with Crippen LogP contribution >= 0.6 is 0 Å². The highest BCUT2D eigenvalue weighted by molar-refractivity contribution is 5.93. The Hall–Kier alpha value is -1.62. The fourth-order valence-electron chi connectivity index (χ4n) is 1.62. The molecule has 18 heavy (non-hydrogen) atoms. The van der Waals surface area contributed by atoms with Crippen LogP contribution in [-0.2, 0) is 7.05 Å². The largest absolute Gasteiger partial charge is 0.352 e. The van der Waals surface area contributed by atoms with Crippen molar-refractivity contribution < 1.29 is 4.79 Å². The molecule has 100 valence electrons. The maximum Gasteiger partial charge on any atom is 0.251 e. The van der Waals surface area contributed by atoms with Gasteiger partial charge in [-0.05, 0) is 25.5 Å². The third kappa shape index (κ3) is 4.71. The van der Waals surface area contributed by atoms with E-state index in [9.17, 15) is 9.59 Å². The number of hydrogen-bond acceptors (Lipinski definition) is 3. The zero-order valence-electron chi connectivity index (χ0n) is 10.8. The SMILES string of the molecule is Cn1ccc(C(=O)NCCCCCCN)cc1=O. The lowest BCUT2D eigenvalue weighted by molar-refractivity contribution is 0.0952. The number of carbonyl (C=O) groups is 1. The van der Waals surface area contributed by atoms with Crippen LogP contribution in [0.15, 0.2) is 23.1 Å². The van der Waals surface area contributed by atoms with Crippen molar-refractivity contribution in [2.24, 2.45) is 12.8 Å². The minimum atomic E-state index is -0.188.